The van der Waals surface area contributed by atoms with Crippen LogP contribution < -0.4 is 11.1 Å². The minimum absolute atomic E-state index is 0.0599. The summed E-state index contributed by atoms with van der Waals surface area (Å²) in [6, 6.07) is 4.92. The minimum Gasteiger partial charge on any atom is -0.505 e. The quantitative estimate of drug-likeness (QED) is 0.584. The molecule has 0 aliphatic carbocycles. The molecule has 2 amide bonds. The van der Waals surface area contributed by atoms with Gasteiger partial charge in [0, 0.05) is 11.9 Å². The molecule has 1 saturated heterocycles. The molecule has 2 aromatic rings. The van der Waals surface area contributed by atoms with Gasteiger partial charge in [0.1, 0.15) is 11.8 Å². The molecule has 0 spiro atoms. The first-order valence-electron chi connectivity index (χ1n) is 9.62. The lowest BCUT2D eigenvalue weighted by molar-refractivity contribution is -0.272. The highest BCUT2D eigenvalue weighted by Crippen LogP contribution is 2.46. The number of aromatic nitrogens is 1. The molecule has 1 aromatic heterocycles. The molecule has 0 saturated carbocycles. The number of aromatic hydroxyl groups is 1. The molecular weight excluding hydrogens is 453 g/mol. The lowest BCUT2D eigenvalue weighted by atomic mass is 9.89. The smallest absolute Gasteiger partial charge is 0.417 e. The zero-order valence-corrected chi connectivity index (χ0v) is 17.8. The number of phenolic OH excluding ortho intramolecular Hbond substituents is 1. The average molecular weight is 475 g/mol. The Balaban J connectivity index is 0.000000321. The topological polar surface area (TPSA) is 115 Å². The Labute approximate surface area is 185 Å². The molecule has 12 heteroatoms. The van der Waals surface area contributed by atoms with Gasteiger partial charge in [-0.1, -0.05) is 13.0 Å². The number of carbonyl (C=O) groups excluding carboxylic acids is 2. The van der Waals surface area contributed by atoms with E-state index >= 15 is 0 Å². The first kappa shape index (κ1) is 26.0. The molecule has 3 atom stereocenters. The largest absolute Gasteiger partial charge is 0.505 e. The Morgan fingerprint density at radius 2 is 1.91 bits per heavy atom. The van der Waals surface area contributed by atoms with E-state index in [2.05, 4.69) is 10.3 Å². The summed E-state index contributed by atoms with van der Waals surface area (Å²) in [5.74, 6) is -5.18. The molecule has 1 aliphatic rings. The lowest BCUT2D eigenvalue weighted by Crippen LogP contribution is -2.47. The Morgan fingerprint density at radius 1 is 1.27 bits per heavy atom. The van der Waals surface area contributed by atoms with E-state index in [1.165, 1.54) is 38.2 Å². The molecule has 1 aliphatic heterocycles. The first-order chi connectivity index (χ1) is 15.2. The summed E-state index contributed by atoms with van der Waals surface area (Å²) in [6.45, 7) is 3.82. The Morgan fingerprint density at radius 3 is 2.42 bits per heavy atom. The van der Waals surface area contributed by atoms with Crippen molar-refractivity contribution in [3.63, 3.8) is 0 Å². The number of hydrogen-bond donors (Lipinski definition) is 3. The van der Waals surface area contributed by atoms with E-state index in [4.69, 9.17) is 15.6 Å². The summed E-state index contributed by atoms with van der Waals surface area (Å²) in [4.78, 5) is 26.9. The van der Waals surface area contributed by atoms with Gasteiger partial charge in [0.15, 0.2) is 17.2 Å². The van der Waals surface area contributed by atoms with E-state index in [-0.39, 0.29) is 17.8 Å². The van der Waals surface area contributed by atoms with Crippen molar-refractivity contribution in [3.8, 4) is 5.75 Å². The number of primary amides is 1. The number of nitrogens with one attached hydrogen (secondary N) is 1. The van der Waals surface area contributed by atoms with Crippen LogP contribution in [-0.2, 0) is 9.53 Å². The van der Waals surface area contributed by atoms with Crippen molar-refractivity contribution in [2.24, 2.45) is 11.7 Å². The molecule has 2 heterocycles. The number of halogens is 5. The molecule has 1 fully saturated rings. The molecule has 0 bridgehead atoms. The summed E-state index contributed by atoms with van der Waals surface area (Å²) >= 11 is 0. The summed E-state index contributed by atoms with van der Waals surface area (Å²) in [7, 11) is 0. The average Bonchev–Trinajstić information content (AvgIpc) is 3.06. The fourth-order valence-electron chi connectivity index (χ4n) is 3.01. The van der Waals surface area contributed by atoms with Gasteiger partial charge in [0.2, 0.25) is 5.82 Å². The number of pyridine rings is 1. The molecule has 0 radical (unpaired) electrons. The van der Waals surface area contributed by atoms with Crippen LogP contribution in [0.2, 0.25) is 0 Å². The number of nitrogens with two attached hydrogens (primary N) is 1. The number of rotatable bonds is 3. The molecule has 3 rings (SSSR count). The zero-order valence-electron chi connectivity index (χ0n) is 17.8. The lowest BCUT2D eigenvalue weighted by Gasteiger charge is -2.30. The van der Waals surface area contributed by atoms with E-state index < -0.39 is 53.0 Å². The van der Waals surface area contributed by atoms with Crippen molar-refractivity contribution in [3.05, 3.63) is 53.4 Å². The Hall–Kier alpha value is -3.28. The van der Waals surface area contributed by atoms with Crippen molar-refractivity contribution in [2.75, 3.05) is 5.32 Å². The van der Waals surface area contributed by atoms with Crippen LogP contribution in [0.4, 0.5) is 27.6 Å². The maximum absolute atomic E-state index is 13.1. The third-order valence-electron chi connectivity index (χ3n) is 5.30. The van der Waals surface area contributed by atoms with Gasteiger partial charge in [-0.3, -0.25) is 14.6 Å². The van der Waals surface area contributed by atoms with Gasteiger partial charge in [0.25, 0.3) is 11.8 Å². The normalized spacial score (nSPS) is 22.3. The van der Waals surface area contributed by atoms with E-state index in [0.717, 1.165) is 13.0 Å². The fourth-order valence-corrected chi connectivity index (χ4v) is 3.01. The number of anilines is 1. The van der Waals surface area contributed by atoms with Gasteiger partial charge in [-0.25, -0.2) is 4.39 Å². The number of nitrogens with zero attached hydrogens (tertiary/aromatic N) is 1. The van der Waals surface area contributed by atoms with Gasteiger partial charge >= 0.3 is 6.18 Å². The Bertz CT molecular complexity index is 1020. The summed E-state index contributed by atoms with van der Waals surface area (Å²) < 4.78 is 68.8. The van der Waals surface area contributed by atoms with Crippen LogP contribution in [-0.4, -0.2) is 39.8 Å². The second-order valence-corrected chi connectivity index (χ2v) is 7.66. The fraction of sp³-hybridized carbons (Fsp3) is 0.381. The Kier molecular flexibility index (Phi) is 7.63. The summed E-state index contributed by atoms with van der Waals surface area (Å²) in [5, 5.41) is 11.2. The molecule has 1 aromatic carbocycles. The van der Waals surface area contributed by atoms with Gasteiger partial charge < -0.3 is 20.9 Å². The summed E-state index contributed by atoms with van der Waals surface area (Å²) in [6.07, 6.45) is -4.61. The highest BCUT2D eigenvalue weighted by Gasteiger charge is 2.61. The number of alkyl halides is 3. The first-order valence-corrected chi connectivity index (χ1v) is 9.62. The van der Waals surface area contributed by atoms with Crippen molar-refractivity contribution < 1.29 is 41.4 Å². The molecule has 2 unspecified atom stereocenters. The number of benzene rings is 1. The van der Waals surface area contributed by atoms with Crippen LogP contribution in [0.5, 0.6) is 5.75 Å². The number of amides is 2. The number of carbonyl (C=O) groups is 2. The molecule has 33 heavy (non-hydrogen) atoms. The number of phenols is 1. The molecular formula is C21H22F5N3O4. The molecule has 180 valence electrons. The standard InChI is InChI=1S/C14H16F3N3O3.C7H6F2O/c1-7-5-10(23-13(7,2)14(15,16)17)12(22)20-8-3-4-19-9(6-8)11(18)21;1-4-2-3-5(8)6(9)7(4)10/h3-4,6-7,10H,5H2,1-2H3,(H2,18,21)(H,19,20,22);2-3,10H,1H3/t7?,10?,13-;/m0./s1. The van der Waals surface area contributed by atoms with Crippen molar-refractivity contribution in [1.29, 1.82) is 0 Å². The number of aryl methyl sites for hydroxylation is 1. The second-order valence-electron chi connectivity index (χ2n) is 7.66. The maximum atomic E-state index is 13.1. The summed E-state index contributed by atoms with van der Waals surface area (Å²) in [5.41, 5.74) is 3.17. The minimum atomic E-state index is -4.57. The third kappa shape index (κ3) is 5.75. The predicted molar refractivity (Wildman–Crippen MR) is 107 cm³/mol. The van der Waals surface area contributed by atoms with Gasteiger partial charge in [-0.05, 0) is 49.9 Å². The van der Waals surface area contributed by atoms with E-state index in [0.29, 0.717) is 5.56 Å². The van der Waals surface area contributed by atoms with Crippen LogP contribution in [0.15, 0.2) is 30.5 Å². The zero-order chi connectivity index (χ0) is 25.1. The van der Waals surface area contributed by atoms with Gasteiger partial charge in [-0.2, -0.15) is 17.6 Å². The van der Waals surface area contributed by atoms with Crippen LogP contribution in [0.25, 0.3) is 0 Å². The van der Waals surface area contributed by atoms with Crippen molar-refractivity contribution in [2.45, 2.75) is 45.1 Å². The van der Waals surface area contributed by atoms with Crippen LogP contribution in [0, 0.1) is 24.5 Å². The monoisotopic (exact) mass is 475 g/mol. The van der Waals surface area contributed by atoms with Crippen molar-refractivity contribution >= 4 is 17.5 Å². The highest BCUT2D eigenvalue weighted by molar-refractivity contribution is 5.96. The molecule has 7 nitrogen and oxygen atoms in total. The third-order valence-corrected chi connectivity index (χ3v) is 5.30. The predicted octanol–water partition coefficient (Wildman–Crippen LogP) is 3.84. The SMILES string of the molecule is CC1CC(C(=O)Nc2ccnc(C(N)=O)c2)O[C@]1(C)C(F)(F)F.Cc1ccc(F)c(F)c1O. The number of hydrogen-bond acceptors (Lipinski definition) is 5. The highest BCUT2D eigenvalue weighted by atomic mass is 19.4. The van der Waals surface area contributed by atoms with Crippen molar-refractivity contribution in [1.82, 2.24) is 4.98 Å². The maximum Gasteiger partial charge on any atom is 0.417 e. The number of ether oxygens (including phenoxy) is 1. The van der Waals surface area contributed by atoms with E-state index in [1.807, 2.05) is 0 Å². The van der Waals surface area contributed by atoms with E-state index in [1.54, 1.807) is 0 Å². The van der Waals surface area contributed by atoms with Crippen LogP contribution >= 0.6 is 0 Å². The van der Waals surface area contributed by atoms with E-state index in [9.17, 15) is 31.5 Å². The second kappa shape index (κ2) is 9.69. The van der Waals surface area contributed by atoms with Crippen LogP contribution in [0.1, 0.15) is 36.3 Å². The molecule has 4 N–H and O–H groups in total. The van der Waals surface area contributed by atoms with Gasteiger partial charge in [-0.15, -0.1) is 0 Å². The van der Waals surface area contributed by atoms with Gasteiger partial charge in [0.05, 0.1) is 0 Å². The van der Waals surface area contributed by atoms with Crippen LogP contribution in [0.3, 0.4) is 0 Å².